The number of aromatic nitrogens is 2. The van der Waals surface area contributed by atoms with Gasteiger partial charge in [-0.1, -0.05) is 42.5 Å². The van der Waals surface area contributed by atoms with E-state index in [1.54, 1.807) is 0 Å². The Balaban J connectivity index is 1.12. The number of nitrogens with zero attached hydrogens (tertiary/aromatic N) is 4. The number of alkyl halides is 3. The molecule has 0 atom stereocenters. The maximum absolute atomic E-state index is 12.3. The van der Waals surface area contributed by atoms with E-state index >= 15 is 0 Å². The molecule has 2 heterocycles. The summed E-state index contributed by atoms with van der Waals surface area (Å²) >= 11 is 0. The number of rotatable bonds is 9. The van der Waals surface area contributed by atoms with Crippen LogP contribution in [0.1, 0.15) is 11.4 Å². The molecular formula is C28H29F3N4O2. The third-order valence-corrected chi connectivity index (χ3v) is 6.48. The molecule has 0 amide bonds. The van der Waals surface area contributed by atoms with Crippen molar-refractivity contribution in [3.63, 3.8) is 0 Å². The lowest BCUT2D eigenvalue weighted by atomic mass is 10.2. The molecular weight excluding hydrogens is 481 g/mol. The van der Waals surface area contributed by atoms with Crippen molar-refractivity contribution in [1.29, 1.82) is 0 Å². The summed E-state index contributed by atoms with van der Waals surface area (Å²) in [4.78, 5) is 9.72. The lowest BCUT2D eigenvalue weighted by Crippen LogP contribution is -2.47. The maximum atomic E-state index is 12.3. The fraction of sp³-hybridized carbons (Fsp3) is 0.321. The third-order valence-electron chi connectivity index (χ3n) is 6.48. The zero-order valence-electron chi connectivity index (χ0n) is 20.4. The zero-order chi connectivity index (χ0) is 25.7. The van der Waals surface area contributed by atoms with Crippen molar-refractivity contribution in [2.24, 2.45) is 0 Å². The van der Waals surface area contributed by atoms with E-state index in [0.29, 0.717) is 12.4 Å². The standard InChI is InChI=1S/C28H29F3N4O2/c29-28(30,31)37-24-12-10-23(11-13-24)36-19-18-33-14-16-34(17-15-33)21-27-32-25-8-4-5-9-26(25)35(27)20-22-6-2-1-3-7-22/h1-13H,14-21H2. The second kappa shape index (κ2) is 11.2. The summed E-state index contributed by atoms with van der Waals surface area (Å²) in [6, 6.07) is 24.2. The van der Waals surface area contributed by atoms with E-state index in [4.69, 9.17) is 9.72 Å². The summed E-state index contributed by atoms with van der Waals surface area (Å²) in [6.07, 6.45) is -4.70. The van der Waals surface area contributed by atoms with E-state index < -0.39 is 6.36 Å². The van der Waals surface area contributed by atoms with Gasteiger partial charge in [-0.3, -0.25) is 9.80 Å². The molecule has 0 spiro atoms. The molecule has 0 bridgehead atoms. The van der Waals surface area contributed by atoms with Crippen LogP contribution < -0.4 is 9.47 Å². The number of benzene rings is 3. The molecule has 0 saturated carbocycles. The minimum absolute atomic E-state index is 0.256. The van der Waals surface area contributed by atoms with Gasteiger partial charge in [0.25, 0.3) is 0 Å². The molecule has 3 aromatic carbocycles. The van der Waals surface area contributed by atoms with Crippen molar-refractivity contribution < 1.29 is 22.6 Å². The molecule has 6 nitrogen and oxygen atoms in total. The summed E-state index contributed by atoms with van der Waals surface area (Å²) in [5.41, 5.74) is 3.41. The quantitative estimate of drug-likeness (QED) is 0.311. The van der Waals surface area contributed by atoms with Crippen LogP contribution >= 0.6 is 0 Å². The van der Waals surface area contributed by atoms with Gasteiger partial charge >= 0.3 is 6.36 Å². The van der Waals surface area contributed by atoms with Gasteiger partial charge in [0, 0.05) is 39.3 Å². The van der Waals surface area contributed by atoms with Crippen molar-refractivity contribution in [1.82, 2.24) is 19.4 Å². The van der Waals surface area contributed by atoms with Crippen LogP contribution in [0.25, 0.3) is 11.0 Å². The molecule has 5 rings (SSSR count). The number of ether oxygens (including phenoxy) is 2. The molecule has 1 aliphatic rings. The normalized spacial score (nSPS) is 15.2. The topological polar surface area (TPSA) is 42.8 Å². The second-order valence-electron chi connectivity index (χ2n) is 9.07. The van der Waals surface area contributed by atoms with Gasteiger partial charge in [-0.25, -0.2) is 4.98 Å². The highest BCUT2D eigenvalue weighted by molar-refractivity contribution is 5.76. The molecule has 1 fully saturated rings. The van der Waals surface area contributed by atoms with Gasteiger partial charge in [0.2, 0.25) is 0 Å². The highest BCUT2D eigenvalue weighted by Gasteiger charge is 2.31. The summed E-state index contributed by atoms with van der Waals surface area (Å²) in [5.74, 6) is 1.33. The number of piperazine rings is 1. The van der Waals surface area contributed by atoms with Gasteiger partial charge in [-0.2, -0.15) is 0 Å². The SMILES string of the molecule is FC(F)(F)Oc1ccc(OCCN2CCN(Cc3nc4ccccc4n3Cc3ccccc3)CC2)cc1. The average molecular weight is 511 g/mol. The second-order valence-corrected chi connectivity index (χ2v) is 9.07. The first-order valence-corrected chi connectivity index (χ1v) is 12.3. The number of halogens is 3. The molecule has 194 valence electrons. The predicted octanol–water partition coefficient (Wildman–Crippen LogP) is 5.18. The zero-order valence-corrected chi connectivity index (χ0v) is 20.4. The predicted molar refractivity (Wildman–Crippen MR) is 136 cm³/mol. The molecule has 0 N–H and O–H groups in total. The Labute approximate surface area is 213 Å². The Bertz CT molecular complexity index is 1280. The Hall–Kier alpha value is -3.56. The van der Waals surface area contributed by atoms with Crippen LogP contribution in [-0.2, 0) is 13.1 Å². The summed E-state index contributed by atoms with van der Waals surface area (Å²) in [5, 5.41) is 0. The fourth-order valence-corrected chi connectivity index (χ4v) is 4.59. The first-order chi connectivity index (χ1) is 17.9. The van der Waals surface area contributed by atoms with E-state index in [0.717, 1.165) is 62.7 Å². The minimum atomic E-state index is -4.70. The molecule has 9 heteroatoms. The molecule has 37 heavy (non-hydrogen) atoms. The maximum Gasteiger partial charge on any atom is 0.573 e. The molecule has 0 radical (unpaired) electrons. The number of para-hydroxylation sites is 2. The van der Waals surface area contributed by atoms with Crippen LogP contribution in [0.3, 0.4) is 0 Å². The molecule has 4 aromatic rings. The van der Waals surface area contributed by atoms with Crippen LogP contribution in [0, 0.1) is 0 Å². The van der Waals surface area contributed by atoms with Crippen LogP contribution in [0.5, 0.6) is 11.5 Å². The Kier molecular flexibility index (Phi) is 7.62. The molecule has 0 unspecified atom stereocenters. The lowest BCUT2D eigenvalue weighted by molar-refractivity contribution is -0.274. The van der Waals surface area contributed by atoms with Gasteiger partial charge in [0.15, 0.2) is 0 Å². The Morgan fingerprint density at radius 3 is 2.11 bits per heavy atom. The Morgan fingerprint density at radius 2 is 1.38 bits per heavy atom. The number of fused-ring (bicyclic) bond motifs is 1. The highest BCUT2D eigenvalue weighted by Crippen LogP contribution is 2.25. The Morgan fingerprint density at radius 1 is 0.730 bits per heavy atom. The third kappa shape index (κ3) is 6.81. The number of hydrogen-bond acceptors (Lipinski definition) is 5. The number of imidazole rings is 1. The van der Waals surface area contributed by atoms with Crippen LogP contribution in [-0.4, -0.2) is 65.0 Å². The largest absolute Gasteiger partial charge is 0.573 e. The minimum Gasteiger partial charge on any atom is -0.492 e. The highest BCUT2D eigenvalue weighted by atomic mass is 19.4. The van der Waals surface area contributed by atoms with Crippen molar-refractivity contribution in [2.45, 2.75) is 19.5 Å². The fourth-order valence-electron chi connectivity index (χ4n) is 4.59. The van der Waals surface area contributed by atoms with Gasteiger partial charge < -0.3 is 14.0 Å². The van der Waals surface area contributed by atoms with Crippen LogP contribution in [0.15, 0.2) is 78.9 Å². The monoisotopic (exact) mass is 510 g/mol. The molecule has 1 aliphatic heterocycles. The van der Waals surface area contributed by atoms with Crippen molar-refractivity contribution in [3.8, 4) is 11.5 Å². The van der Waals surface area contributed by atoms with Crippen LogP contribution in [0.4, 0.5) is 13.2 Å². The molecule has 0 aliphatic carbocycles. The number of hydrogen-bond donors (Lipinski definition) is 0. The average Bonchev–Trinajstić information content (AvgIpc) is 3.22. The first-order valence-electron chi connectivity index (χ1n) is 12.3. The summed E-state index contributed by atoms with van der Waals surface area (Å²) in [6.45, 7) is 6.49. The van der Waals surface area contributed by atoms with Gasteiger partial charge in [-0.15, -0.1) is 13.2 Å². The van der Waals surface area contributed by atoms with Crippen molar-refractivity contribution in [3.05, 3.63) is 90.3 Å². The van der Waals surface area contributed by atoms with E-state index in [1.165, 1.54) is 29.8 Å². The van der Waals surface area contributed by atoms with E-state index in [2.05, 4.69) is 61.6 Å². The lowest BCUT2D eigenvalue weighted by Gasteiger charge is -2.34. The summed E-state index contributed by atoms with van der Waals surface area (Å²) < 4.78 is 48.8. The van der Waals surface area contributed by atoms with E-state index in [9.17, 15) is 13.2 Å². The van der Waals surface area contributed by atoms with Crippen molar-refractivity contribution >= 4 is 11.0 Å². The van der Waals surface area contributed by atoms with Crippen LogP contribution in [0.2, 0.25) is 0 Å². The first kappa shape index (κ1) is 25.1. The molecule has 1 saturated heterocycles. The van der Waals surface area contributed by atoms with Gasteiger partial charge in [-0.05, 0) is 42.0 Å². The van der Waals surface area contributed by atoms with Gasteiger partial charge in [0.1, 0.15) is 23.9 Å². The molecule has 1 aromatic heterocycles. The summed E-state index contributed by atoms with van der Waals surface area (Å²) in [7, 11) is 0. The van der Waals surface area contributed by atoms with Gasteiger partial charge in [0.05, 0.1) is 17.6 Å². The van der Waals surface area contributed by atoms with E-state index in [-0.39, 0.29) is 5.75 Å². The van der Waals surface area contributed by atoms with Crippen molar-refractivity contribution in [2.75, 3.05) is 39.3 Å². The smallest absolute Gasteiger partial charge is 0.492 e. The van der Waals surface area contributed by atoms with E-state index in [1.807, 2.05) is 12.1 Å².